The van der Waals surface area contributed by atoms with Crippen molar-refractivity contribution in [3.05, 3.63) is 30.3 Å². The Kier molecular flexibility index (Phi) is 7.85. The number of ketones is 2. The summed E-state index contributed by atoms with van der Waals surface area (Å²) in [5.41, 5.74) is 0. The van der Waals surface area contributed by atoms with Crippen LogP contribution in [0.25, 0.3) is 0 Å². The van der Waals surface area contributed by atoms with Gasteiger partial charge in [-0.05, 0) is 30.9 Å². The lowest BCUT2D eigenvalue weighted by Gasteiger charge is -2.23. The predicted octanol–water partition coefficient (Wildman–Crippen LogP) is 0.813. The molecule has 154 valence electrons. The molecule has 28 heavy (non-hydrogen) atoms. The Morgan fingerprint density at radius 2 is 1.89 bits per heavy atom. The molecule has 2 atom stereocenters. The highest BCUT2D eigenvalue weighted by Gasteiger charge is 2.34. The number of benzene rings is 1. The highest BCUT2D eigenvalue weighted by molar-refractivity contribution is 7.89. The maximum Gasteiger partial charge on any atom is 0.290 e. The van der Waals surface area contributed by atoms with E-state index < -0.39 is 39.6 Å². The van der Waals surface area contributed by atoms with Gasteiger partial charge >= 0.3 is 0 Å². The molecule has 8 nitrogen and oxygen atoms in total. The Bertz CT molecular complexity index is 807. The Labute approximate surface area is 165 Å². The molecule has 9 heteroatoms. The van der Waals surface area contributed by atoms with E-state index in [4.69, 9.17) is 4.74 Å². The number of carbonyl (C=O) groups excluding carboxylic acids is 3. The molecule has 0 radical (unpaired) electrons. The normalized spacial score (nSPS) is 20.0. The molecule has 1 amide bonds. The van der Waals surface area contributed by atoms with E-state index in [2.05, 4.69) is 10.0 Å². The minimum Gasteiger partial charge on any atom is -0.369 e. The van der Waals surface area contributed by atoms with E-state index in [1.165, 1.54) is 12.1 Å². The molecule has 2 rings (SSSR count). The zero-order valence-electron chi connectivity index (χ0n) is 16.0. The van der Waals surface area contributed by atoms with Gasteiger partial charge in [0.15, 0.2) is 5.78 Å². The van der Waals surface area contributed by atoms with Crippen molar-refractivity contribution >= 4 is 27.5 Å². The molecule has 2 unspecified atom stereocenters. The number of sulfonamides is 1. The van der Waals surface area contributed by atoms with Gasteiger partial charge in [0.25, 0.3) is 5.91 Å². The third kappa shape index (κ3) is 5.95. The summed E-state index contributed by atoms with van der Waals surface area (Å²) in [6, 6.07) is 6.68. The van der Waals surface area contributed by atoms with Crippen molar-refractivity contribution in [2.75, 3.05) is 13.2 Å². The van der Waals surface area contributed by atoms with Gasteiger partial charge in [-0.2, -0.15) is 0 Å². The maximum absolute atomic E-state index is 12.8. The fraction of sp³-hybridized carbons (Fsp3) is 0.526. The summed E-state index contributed by atoms with van der Waals surface area (Å²) >= 11 is 0. The van der Waals surface area contributed by atoms with Crippen molar-refractivity contribution in [1.82, 2.24) is 10.0 Å². The minimum atomic E-state index is -3.91. The summed E-state index contributed by atoms with van der Waals surface area (Å²) in [7, 11) is -3.91. The van der Waals surface area contributed by atoms with E-state index in [1.54, 1.807) is 32.0 Å². The second kappa shape index (κ2) is 9.90. The van der Waals surface area contributed by atoms with Gasteiger partial charge in [-0.15, -0.1) is 0 Å². The molecule has 0 spiro atoms. The highest BCUT2D eigenvalue weighted by atomic mass is 32.2. The first kappa shape index (κ1) is 22.2. The fourth-order valence-corrected chi connectivity index (χ4v) is 4.22. The summed E-state index contributed by atoms with van der Waals surface area (Å²) in [4.78, 5) is 37.0. The predicted molar refractivity (Wildman–Crippen MR) is 102 cm³/mol. The average molecular weight is 410 g/mol. The van der Waals surface area contributed by atoms with E-state index >= 15 is 0 Å². The lowest BCUT2D eigenvalue weighted by molar-refractivity contribution is -0.146. The van der Waals surface area contributed by atoms with Crippen LogP contribution in [0.1, 0.15) is 33.1 Å². The van der Waals surface area contributed by atoms with Gasteiger partial charge in [0.05, 0.1) is 10.9 Å². The zero-order chi connectivity index (χ0) is 20.7. The van der Waals surface area contributed by atoms with E-state index in [0.29, 0.717) is 19.4 Å². The molecule has 1 fully saturated rings. The zero-order valence-corrected chi connectivity index (χ0v) is 16.8. The van der Waals surface area contributed by atoms with Crippen LogP contribution in [0.5, 0.6) is 0 Å². The monoisotopic (exact) mass is 410 g/mol. The van der Waals surface area contributed by atoms with Crippen LogP contribution in [0, 0.1) is 5.92 Å². The second-order valence-electron chi connectivity index (χ2n) is 7.01. The van der Waals surface area contributed by atoms with Crippen LogP contribution in [-0.2, 0) is 29.1 Å². The Hall–Kier alpha value is -2.10. The van der Waals surface area contributed by atoms with Gasteiger partial charge in [-0.25, -0.2) is 13.1 Å². The molecular weight excluding hydrogens is 384 g/mol. The van der Waals surface area contributed by atoms with Crippen molar-refractivity contribution in [3.8, 4) is 0 Å². The topological polar surface area (TPSA) is 119 Å². The standard InChI is InChI=1S/C19H26N2O6S/c1-13(2)17(21-28(25,26)14-8-4-3-5-9-14)15(22)12-16-18(23)19(24)20-10-6-7-11-27-16/h3-5,8-9,13,16-17,21H,6-7,10-12H2,1-2H3,(H,20,24). The molecule has 0 aromatic heterocycles. The lowest BCUT2D eigenvalue weighted by Crippen LogP contribution is -2.47. The number of rotatable bonds is 7. The van der Waals surface area contributed by atoms with Gasteiger partial charge in [0, 0.05) is 19.6 Å². The molecule has 1 aromatic rings. The molecule has 1 aromatic carbocycles. The van der Waals surface area contributed by atoms with Gasteiger partial charge in [0.1, 0.15) is 6.10 Å². The van der Waals surface area contributed by atoms with Gasteiger partial charge in [-0.3, -0.25) is 14.4 Å². The van der Waals surface area contributed by atoms with Crippen molar-refractivity contribution in [3.63, 3.8) is 0 Å². The van der Waals surface area contributed by atoms with Crippen LogP contribution in [-0.4, -0.2) is 51.2 Å². The van der Waals surface area contributed by atoms with Gasteiger partial charge in [0.2, 0.25) is 15.8 Å². The van der Waals surface area contributed by atoms with Gasteiger partial charge < -0.3 is 10.1 Å². The largest absolute Gasteiger partial charge is 0.369 e. The fourth-order valence-electron chi connectivity index (χ4n) is 2.83. The third-order valence-electron chi connectivity index (χ3n) is 4.43. The molecule has 1 aliphatic heterocycles. The molecule has 1 aliphatic rings. The molecule has 0 aliphatic carbocycles. The summed E-state index contributed by atoms with van der Waals surface area (Å²) in [6.07, 6.45) is -0.266. The quantitative estimate of drug-likeness (QED) is 0.642. The van der Waals surface area contributed by atoms with Crippen LogP contribution in [0.3, 0.4) is 0 Å². The van der Waals surface area contributed by atoms with E-state index in [0.717, 1.165) is 0 Å². The Morgan fingerprint density at radius 3 is 2.54 bits per heavy atom. The second-order valence-corrected chi connectivity index (χ2v) is 8.73. The first-order valence-corrected chi connectivity index (χ1v) is 10.7. The van der Waals surface area contributed by atoms with Crippen LogP contribution < -0.4 is 10.0 Å². The lowest BCUT2D eigenvalue weighted by atomic mass is 9.96. The van der Waals surface area contributed by atoms with Gasteiger partial charge in [-0.1, -0.05) is 32.0 Å². The molecule has 1 saturated heterocycles. The number of Topliss-reactive ketones (excluding diaryl/α,β-unsaturated/α-hetero) is 2. The van der Waals surface area contributed by atoms with Crippen LogP contribution in [0.15, 0.2) is 35.2 Å². The van der Waals surface area contributed by atoms with Crippen molar-refractivity contribution in [1.29, 1.82) is 0 Å². The number of hydrogen-bond donors (Lipinski definition) is 2. The Morgan fingerprint density at radius 1 is 1.21 bits per heavy atom. The summed E-state index contributed by atoms with van der Waals surface area (Å²) < 4.78 is 33.0. The number of nitrogens with one attached hydrogen (secondary N) is 2. The molecular formula is C19H26N2O6S. The molecule has 0 bridgehead atoms. The SMILES string of the molecule is CC(C)C(NS(=O)(=O)c1ccccc1)C(=O)CC1OCCCCNC(=O)C1=O. The molecule has 1 heterocycles. The van der Waals surface area contributed by atoms with E-state index in [9.17, 15) is 22.8 Å². The van der Waals surface area contributed by atoms with Crippen LogP contribution >= 0.6 is 0 Å². The van der Waals surface area contributed by atoms with Crippen molar-refractivity contribution in [2.45, 2.75) is 50.2 Å². The number of carbonyl (C=O) groups is 3. The highest BCUT2D eigenvalue weighted by Crippen LogP contribution is 2.15. The number of ether oxygens (including phenoxy) is 1. The minimum absolute atomic E-state index is 0.0441. The first-order valence-electron chi connectivity index (χ1n) is 9.26. The maximum atomic E-state index is 12.8. The molecule has 0 saturated carbocycles. The summed E-state index contributed by atoms with van der Waals surface area (Å²) in [5.74, 6) is -2.46. The van der Waals surface area contributed by atoms with Crippen LogP contribution in [0.2, 0.25) is 0 Å². The number of hydrogen-bond acceptors (Lipinski definition) is 6. The van der Waals surface area contributed by atoms with E-state index in [-0.39, 0.29) is 23.8 Å². The van der Waals surface area contributed by atoms with E-state index in [1.807, 2.05) is 0 Å². The number of amides is 1. The van der Waals surface area contributed by atoms with Crippen LogP contribution in [0.4, 0.5) is 0 Å². The van der Waals surface area contributed by atoms with Crippen molar-refractivity contribution < 1.29 is 27.5 Å². The summed E-state index contributed by atoms with van der Waals surface area (Å²) in [6.45, 7) is 4.03. The third-order valence-corrected chi connectivity index (χ3v) is 5.88. The Balaban J connectivity index is 2.15. The van der Waals surface area contributed by atoms with Crippen molar-refractivity contribution in [2.24, 2.45) is 5.92 Å². The molecule has 2 N–H and O–H groups in total. The smallest absolute Gasteiger partial charge is 0.290 e. The average Bonchev–Trinajstić information content (AvgIpc) is 2.73. The first-order chi connectivity index (χ1) is 13.2. The summed E-state index contributed by atoms with van der Waals surface area (Å²) in [5, 5.41) is 2.50.